The van der Waals surface area contributed by atoms with Crippen LogP contribution in [-0.4, -0.2) is 47.2 Å². The molecule has 0 amide bonds. The van der Waals surface area contributed by atoms with Crippen molar-refractivity contribution in [3.8, 4) is 5.75 Å². The van der Waals surface area contributed by atoms with Crippen molar-refractivity contribution in [3.05, 3.63) is 70.3 Å². The maximum Gasteiger partial charge on any atom is 0.126 e. The molecule has 0 N–H and O–H groups in total. The molecule has 5 nitrogen and oxygen atoms in total. The number of aryl methyl sites for hydroxylation is 2. The van der Waals surface area contributed by atoms with Crippen LogP contribution in [0.25, 0.3) is 0 Å². The van der Waals surface area contributed by atoms with Crippen LogP contribution in [-0.2, 0) is 17.4 Å². The van der Waals surface area contributed by atoms with Gasteiger partial charge in [0.05, 0.1) is 19.3 Å². The zero-order valence-corrected chi connectivity index (χ0v) is 26.8. The molecule has 0 saturated carbocycles. The number of methoxy groups -OCH3 is 1. The summed E-state index contributed by atoms with van der Waals surface area (Å²) in [6.45, 7) is 30.1. The highest BCUT2D eigenvalue weighted by Crippen LogP contribution is 2.42. The minimum Gasteiger partial charge on any atom is -0.496 e. The number of aliphatic imine (C=N–C) groups is 1. The molecule has 2 aromatic rings. The Labute approximate surface area is 236 Å². The van der Waals surface area contributed by atoms with E-state index in [2.05, 4.69) is 101 Å². The van der Waals surface area contributed by atoms with Crippen molar-refractivity contribution in [1.29, 1.82) is 0 Å². The third-order valence-corrected chi connectivity index (χ3v) is 8.30. The van der Waals surface area contributed by atoms with Gasteiger partial charge in [-0.15, -0.1) is 0 Å². The van der Waals surface area contributed by atoms with Gasteiger partial charge in [-0.1, -0.05) is 73.4 Å². The van der Waals surface area contributed by atoms with E-state index in [0.29, 0.717) is 5.92 Å². The highest BCUT2D eigenvalue weighted by atomic mass is 32.2. The van der Waals surface area contributed by atoms with E-state index in [1.165, 1.54) is 11.1 Å². The Morgan fingerprint density at radius 3 is 2.08 bits per heavy atom. The number of hydrogen-bond acceptors (Lipinski definition) is 5. The Bertz CT molecular complexity index is 1140. The molecule has 1 unspecified atom stereocenters. The van der Waals surface area contributed by atoms with Crippen molar-refractivity contribution in [2.75, 3.05) is 27.7 Å². The zero-order chi connectivity index (χ0) is 29.0. The molecule has 0 aliphatic carbocycles. The molecule has 1 aromatic heterocycles. The number of allylic oxidation sites excluding steroid dienone is 2. The summed E-state index contributed by atoms with van der Waals surface area (Å²) in [6.07, 6.45) is 3.07. The van der Waals surface area contributed by atoms with Crippen LogP contribution in [0.5, 0.6) is 5.75 Å². The van der Waals surface area contributed by atoms with Gasteiger partial charge in [-0.3, -0.25) is 4.99 Å². The zero-order valence-electron chi connectivity index (χ0n) is 26.0. The fraction of sp³-hybridized carbons (Fsp3) is 0.562. The van der Waals surface area contributed by atoms with E-state index in [4.69, 9.17) is 9.73 Å². The quantitative estimate of drug-likeness (QED) is 0.228. The largest absolute Gasteiger partial charge is 0.496 e. The molecule has 0 bridgehead atoms. The summed E-state index contributed by atoms with van der Waals surface area (Å²) >= 11 is 1.69. The van der Waals surface area contributed by atoms with Crippen molar-refractivity contribution in [1.82, 2.24) is 14.5 Å². The van der Waals surface area contributed by atoms with Gasteiger partial charge in [0.2, 0.25) is 0 Å². The average molecular weight is 539 g/mol. The monoisotopic (exact) mass is 538 g/mol. The molecule has 0 radical (unpaired) electrons. The number of ether oxygens (including phenoxy) is 1. The van der Waals surface area contributed by atoms with Gasteiger partial charge in [-0.05, 0) is 54.1 Å². The van der Waals surface area contributed by atoms with Crippen LogP contribution >= 0.6 is 11.8 Å². The number of aromatic nitrogens is 2. The van der Waals surface area contributed by atoms with Crippen molar-refractivity contribution in [2.45, 2.75) is 86.1 Å². The molecule has 0 saturated heterocycles. The summed E-state index contributed by atoms with van der Waals surface area (Å²) in [4.78, 5) is 12.6. The van der Waals surface area contributed by atoms with E-state index in [1.54, 1.807) is 18.9 Å². The molecule has 0 aliphatic heterocycles. The van der Waals surface area contributed by atoms with E-state index in [1.807, 2.05) is 20.9 Å². The second-order valence-corrected chi connectivity index (χ2v) is 13.6. The molecule has 0 spiro atoms. The summed E-state index contributed by atoms with van der Waals surface area (Å²) in [5.41, 5.74) is 5.52. The third kappa shape index (κ3) is 8.02. The van der Waals surface area contributed by atoms with E-state index < -0.39 is 0 Å². The Balaban J connectivity index is 2.16. The summed E-state index contributed by atoms with van der Waals surface area (Å²) in [5.74, 6) is 2.32. The molecule has 1 atom stereocenters. The van der Waals surface area contributed by atoms with E-state index in [0.717, 1.165) is 58.0 Å². The number of thioether (sulfide) groups is 1. The first-order chi connectivity index (χ1) is 17.5. The Kier molecular flexibility index (Phi) is 10.5. The molecule has 210 valence electrons. The minimum absolute atomic E-state index is 0.0594. The molecule has 38 heavy (non-hydrogen) atoms. The number of likely N-dealkylation sites (N-methyl/N-ethyl adjacent to an activating group) is 1. The number of nitrogens with zero attached hydrogens (tertiary/aromatic N) is 4. The smallest absolute Gasteiger partial charge is 0.126 e. The molecular formula is C32H50N4OS. The van der Waals surface area contributed by atoms with E-state index >= 15 is 0 Å². The Morgan fingerprint density at radius 2 is 1.66 bits per heavy atom. The molecule has 0 fully saturated rings. The molecule has 1 heterocycles. The first-order valence-corrected chi connectivity index (χ1v) is 14.3. The van der Waals surface area contributed by atoms with E-state index in [-0.39, 0.29) is 10.8 Å². The fourth-order valence-corrected chi connectivity index (χ4v) is 5.29. The van der Waals surface area contributed by atoms with Crippen LogP contribution in [0.15, 0.2) is 47.1 Å². The highest BCUT2D eigenvalue weighted by Gasteiger charge is 2.28. The van der Waals surface area contributed by atoms with Crippen LogP contribution in [0, 0.1) is 19.8 Å². The number of hydrogen-bond donors (Lipinski definition) is 0. The molecule has 1 aromatic carbocycles. The van der Waals surface area contributed by atoms with Gasteiger partial charge in [0.15, 0.2) is 0 Å². The van der Waals surface area contributed by atoms with E-state index in [9.17, 15) is 0 Å². The summed E-state index contributed by atoms with van der Waals surface area (Å²) in [6, 6.07) is 4.50. The highest BCUT2D eigenvalue weighted by molar-refractivity contribution is 8.17. The van der Waals surface area contributed by atoms with Gasteiger partial charge in [0.1, 0.15) is 16.6 Å². The second kappa shape index (κ2) is 12.6. The van der Waals surface area contributed by atoms with Gasteiger partial charge in [-0.25, -0.2) is 4.98 Å². The van der Waals surface area contributed by atoms with Gasteiger partial charge < -0.3 is 14.2 Å². The Morgan fingerprint density at radius 1 is 1.11 bits per heavy atom. The standard InChI is InChI=1S/C32H50N4OS/c1-21(15-16-35(13)23(3)20-36-19-22(2)34-25(36)5)24(4)38-30(33-12)26-17-27(31(6,7)8)29(37-14)28(18-26)32(9,10)11/h17-19,21H,3-4,15-16,20H2,1-2,5-14H3. The number of rotatable bonds is 10. The summed E-state index contributed by atoms with van der Waals surface area (Å²) in [5, 5.41) is 0.990. The molecule has 6 heteroatoms. The van der Waals surface area contributed by atoms with Crippen LogP contribution < -0.4 is 4.74 Å². The SMILES string of the molecule is C=C(SC(=NC)c1cc(C(C)(C)C)c(OC)c(C(C)(C)C)c1)C(C)CCN(C)C(=C)Cn1cc(C)nc1C. The molecular weight excluding hydrogens is 488 g/mol. The first kappa shape index (κ1) is 31.7. The Hall–Kier alpha value is -2.47. The van der Waals surface area contributed by atoms with Gasteiger partial charge in [-0.2, -0.15) is 0 Å². The third-order valence-electron chi connectivity index (χ3n) is 7.02. The van der Waals surface area contributed by atoms with Crippen LogP contribution in [0.2, 0.25) is 0 Å². The lowest BCUT2D eigenvalue weighted by Crippen LogP contribution is -2.23. The lowest BCUT2D eigenvalue weighted by atomic mass is 9.78. The second-order valence-electron chi connectivity index (χ2n) is 12.4. The average Bonchev–Trinajstić information content (AvgIpc) is 3.14. The fourth-order valence-electron chi connectivity index (χ4n) is 4.40. The maximum atomic E-state index is 5.95. The van der Waals surface area contributed by atoms with Gasteiger partial charge in [0.25, 0.3) is 0 Å². The van der Waals surface area contributed by atoms with Crippen molar-refractivity contribution in [3.63, 3.8) is 0 Å². The van der Waals surface area contributed by atoms with Crippen molar-refractivity contribution >= 4 is 16.8 Å². The number of imidazole rings is 1. The van der Waals surface area contributed by atoms with Gasteiger partial charge in [0, 0.05) is 49.2 Å². The lowest BCUT2D eigenvalue weighted by molar-refractivity contribution is 0.367. The molecule has 2 rings (SSSR count). The summed E-state index contributed by atoms with van der Waals surface area (Å²) < 4.78 is 8.11. The topological polar surface area (TPSA) is 42.6 Å². The summed E-state index contributed by atoms with van der Waals surface area (Å²) in [7, 11) is 5.76. The normalized spacial score (nSPS) is 13.4. The van der Waals surface area contributed by atoms with Crippen LogP contribution in [0.3, 0.4) is 0 Å². The minimum atomic E-state index is -0.0594. The lowest BCUT2D eigenvalue weighted by Gasteiger charge is -2.30. The molecule has 0 aliphatic rings. The van der Waals surface area contributed by atoms with Crippen molar-refractivity contribution < 1.29 is 4.74 Å². The first-order valence-electron chi connectivity index (χ1n) is 13.5. The predicted molar refractivity (Wildman–Crippen MR) is 167 cm³/mol. The number of benzene rings is 1. The van der Waals surface area contributed by atoms with Crippen LogP contribution in [0.1, 0.15) is 83.1 Å². The van der Waals surface area contributed by atoms with Gasteiger partial charge >= 0.3 is 0 Å². The predicted octanol–water partition coefficient (Wildman–Crippen LogP) is 7.90. The van der Waals surface area contributed by atoms with Crippen molar-refractivity contribution in [2.24, 2.45) is 10.9 Å². The maximum absolute atomic E-state index is 5.95. The van der Waals surface area contributed by atoms with Crippen LogP contribution in [0.4, 0.5) is 0 Å².